The van der Waals surface area contributed by atoms with E-state index in [1.807, 2.05) is 13.8 Å². The quantitative estimate of drug-likeness (QED) is 0.763. The van der Waals surface area contributed by atoms with E-state index >= 15 is 0 Å². The predicted molar refractivity (Wildman–Crippen MR) is 58.2 cm³/mol. The van der Waals surface area contributed by atoms with E-state index in [0.29, 0.717) is 5.92 Å². The average molecular weight is 243 g/mol. The van der Waals surface area contributed by atoms with Crippen LogP contribution in [0.25, 0.3) is 0 Å². The zero-order valence-corrected chi connectivity index (χ0v) is 9.93. The molecule has 0 aromatic carbocycles. The fraction of sp³-hybridized carbons (Fsp3) is 0.600. The largest absolute Gasteiger partial charge is 0.156 e. The summed E-state index contributed by atoms with van der Waals surface area (Å²) in [5, 5.41) is 9.15. The summed E-state index contributed by atoms with van der Waals surface area (Å²) >= 11 is 3.48. The summed E-state index contributed by atoms with van der Waals surface area (Å²) in [6.07, 6.45) is 1.08. The summed E-state index contributed by atoms with van der Waals surface area (Å²) in [7, 11) is 0. The SMILES string of the molecule is Cc1cc(CC(C)CBr)c(C)nn1. The van der Waals surface area contributed by atoms with Crippen LogP contribution in [-0.2, 0) is 6.42 Å². The van der Waals surface area contributed by atoms with E-state index in [2.05, 4.69) is 39.1 Å². The number of hydrogen-bond donors (Lipinski definition) is 0. The highest BCUT2D eigenvalue weighted by Gasteiger charge is 2.06. The second kappa shape index (κ2) is 4.70. The van der Waals surface area contributed by atoms with Gasteiger partial charge in [0, 0.05) is 5.33 Å². The molecule has 0 radical (unpaired) electrons. The summed E-state index contributed by atoms with van der Waals surface area (Å²) in [6.45, 7) is 6.22. The van der Waals surface area contributed by atoms with E-state index in [0.717, 1.165) is 23.1 Å². The van der Waals surface area contributed by atoms with Crippen LogP contribution in [0.3, 0.4) is 0 Å². The molecule has 0 amide bonds. The van der Waals surface area contributed by atoms with E-state index in [9.17, 15) is 0 Å². The Morgan fingerprint density at radius 1 is 1.38 bits per heavy atom. The summed E-state index contributed by atoms with van der Waals surface area (Å²) < 4.78 is 0. The van der Waals surface area contributed by atoms with E-state index in [1.165, 1.54) is 5.56 Å². The van der Waals surface area contributed by atoms with E-state index in [4.69, 9.17) is 0 Å². The van der Waals surface area contributed by atoms with Crippen molar-refractivity contribution in [1.29, 1.82) is 0 Å². The van der Waals surface area contributed by atoms with E-state index in [-0.39, 0.29) is 0 Å². The molecule has 1 unspecified atom stereocenters. The molecular weight excluding hydrogens is 228 g/mol. The first-order valence-electron chi connectivity index (χ1n) is 4.49. The molecule has 0 saturated carbocycles. The van der Waals surface area contributed by atoms with Gasteiger partial charge >= 0.3 is 0 Å². The van der Waals surface area contributed by atoms with E-state index in [1.54, 1.807) is 0 Å². The molecule has 0 N–H and O–H groups in total. The topological polar surface area (TPSA) is 25.8 Å². The maximum Gasteiger partial charge on any atom is 0.0632 e. The van der Waals surface area contributed by atoms with Gasteiger partial charge < -0.3 is 0 Å². The van der Waals surface area contributed by atoms with Crippen LogP contribution in [0.1, 0.15) is 23.9 Å². The molecule has 0 aliphatic heterocycles. The third-order valence-corrected chi connectivity index (χ3v) is 3.14. The molecular formula is C10H15BrN2. The first-order valence-corrected chi connectivity index (χ1v) is 5.61. The van der Waals surface area contributed by atoms with Crippen LogP contribution < -0.4 is 0 Å². The number of aromatic nitrogens is 2. The van der Waals surface area contributed by atoms with Crippen LogP contribution in [-0.4, -0.2) is 15.5 Å². The van der Waals surface area contributed by atoms with Crippen LogP contribution >= 0.6 is 15.9 Å². The number of alkyl halides is 1. The van der Waals surface area contributed by atoms with Gasteiger partial charge in [-0.2, -0.15) is 10.2 Å². The van der Waals surface area contributed by atoms with Gasteiger partial charge in [0.15, 0.2) is 0 Å². The lowest BCUT2D eigenvalue weighted by atomic mass is 10.0. The van der Waals surface area contributed by atoms with Crippen LogP contribution in [0, 0.1) is 19.8 Å². The summed E-state index contributed by atoms with van der Waals surface area (Å²) in [5.74, 6) is 0.655. The second-order valence-corrected chi connectivity index (χ2v) is 4.21. The van der Waals surface area contributed by atoms with Crippen molar-refractivity contribution >= 4 is 15.9 Å². The Morgan fingerprint density at radius 2 is 2.08 bits per heavy atom. The normalized spacial score (nSPS) is 12.9. The third-order valence-electron chi connectivity index (χ3n) is 2.04. The zero-order chi connectivity index (χ0) is 9.84. The smallest absolute Gasteiger partial charge is 0.0632 e. The van der Waals surface area contributed by atoms with Crippen molar-refractivity contribution < 1.29 is 0 Å². The van der Waals surface area contributed by atoms with Gasteiger partial charge in [-0.3, -0.25) is 0 Å². The van der Waals surface area contributed by atoms with Gasteiger partial charge in [-0.15, -0.1) is 0 Å². The van der Waals surface area contributed by atoms with Crippen LogP contribution in [0.4, 0.5) is 0 Å². The molecule has 0 fully saturated rings. The molecule has 1 aromatic heterocycles. The molecule has 13 heavy (non-hydrogen) atoms. The first-order chi connectivity index (χ1) is 6.13. The minimum Gasteiger partial charge on any atom is -0.156 e. The molecule has 72 valence electrons. The van der Waals surface area contributed by atoms with Crippen molar-refractivity contribution in [3.63, 3.8) is 0 Å². The monoisotopic (exact) mass is 242 g/mol. The molecule has 1 heterocycles. The molecule has 0 spiro atoms. The maximum absolute atomic E-state index is 4.10. The minimum absolute atomic E-state index is 0.655. The van der Waals surface area contributed by atoms with E-state index < -0.39 is 0 Å². The van der Waals surface area contributed by atoms with Crippen molar-refractivity contribution in [2.24, 2.45) is 5.92 Å². The molecule has 1 atom stereocenters. The standard InChI is InChI=1S/C10H15BrN2/c1-7(6-11)4-10-5-8(2)12-13-9(10)3/h5,7H,4,6H2,1-3H3. The lowest BCUT2D eigenvalue weighted by molar-refractivity contribution is 0.654. The second-order valence-electron chi connectivity index (χ2n) is 3.56. The molecule has 2 nitrogen and oxygen atoms in total. The van der Waals surface area contributed by atoms with Crippen LogP contribution in [0.5, 0.6) is 0 Å². The Labute approximate surface area is 87.9 Å². The highest BCUT2D eigenvalue weighted by Crippen LogP contribution is 2.13. The Bertz CT molecular complexity index is 286. The Hall–Kier alpha value is -0.440. The van der Waals surface area contributed by atoms with Crippen LogP contribution in [0.2, 0.25) is 0 Å². The number of halogens is 1. The maximum atomic E-state index is 4.10. The number of nitrogens with zero attached hydrogens (tertiary/aromatic N) is 2. The zero-order valence-electron chi connectivity index (χ0n) is 8.34. The van der Waals surface area contributed by atoms with Gasteiger partial charge in [0.05, 0.1) is 11.4 Å². The Kier molecular flexibility index (Phi) is 3.85. The minimum atomic E-state index is 0.655. The molecule has 3 heteroatoms. The molecule has 0 aliphatic rings. The van der Waals surface area contributed by atoms with Gasteiger partial charge in [-0.1, -0.05) is 22.9 Å². The molecule has 1 aromatic rings. The van der Waals surface area contributed by atoms with Gasteiger partial charge in [0.25, 0.3) is 0 Å². The first kappa shape index (κ1) is 10.6. The molecule has 1 rings (SSSR count). The van der Waals surface area contributed by atoms with Gasteiger partial charge in [-0.25, -0.2) is 0 Å². The van der Waals surface area contributed by atoms with Crippen molar-refractivity contribution in [2.75, 3.05) is 5.33 Å². The van der Waals surface area contributed by atoms with Crippen molar-refractivity contribution in [2.45, 2.75) is 27.2 Å². The number of rotatable bonds is 3. The number of hydrogen-bond acceptors (Lipinski definition) is 2. The van der Waals surface area contributed by atoms with Crippen LogP contribution in [0.15, 0.2) is 6.07 Å². The van der Waals surface area contributed by atoms with Gasteiger partial charge in [0.1, 0.15) is 0 Å². The highest BCUT2D eigenvalue weighted by atomic mass is 79.9. The fourth-order valence-electron chi connectivity index (χ4n) is 1.24. The Balaban J connectivity index is 2.81. The highest BCUT2D eigenvalue weighted by molar-refractivity contribution is 9.09. The van der Waals surface area contributed by atoms with Gasteiger partial charge in [-0.05, 0) is 37.8 Å². The van der Waals surface area contributed by atoms with Crippen molar-refractivity contribution in [3.05, 3.63) is 23.0 Å². The van der Waals surface area contributed by atoms with Gasteiger partial charge in [0.2, 0.25) is 0 Å². The Morgan fingerprint density at radius 3 is 2.69 bits per heavy atom. The lowest BCUT2D eigenvalue weighted by Crippen LogP contribution is -2.05. The molecule has 0 aliphatic carbocycles. The number of aryl methyl sites for hydroxylation is 2. The molecule has 0 saturated heterocycles. The lowest BCUT2D eigenvalue weighted by Gasteiger charge is -2.09. The average Bonchev–Trinajstić information content (AvgIpc) is 2.11. The van der Waals surface area contributed by atoms with Crippen molar-refractivity contribution in [3.8, 4) is 0 Å². The summed E-state index contributed by atoms with van der Waals surface area (Å²) in [6, 6.07) is 2.13. The summed E-state index contributed by atoms with van der Waals surface area (Å²) in [4.78, 5) is 0. The summed E-state index contributed by atoms with van der Waals surface area (Å²) in [5.41, 5.74) is 3.38. The third kappa shape index (κ3) is 3.07. The fourth-order valence-corrected chi connectivity index (χ4v) is 1.47. The van der Waals surface area contributed by atoms with Crippen molar-refractivity contribution in [1.82, 2.24) is 10.2 Å². The molecule has 0 bridgehead atoms. The predicted octanol–water partition coefficient (Wildman–Crippen LogP) is 2.67.